The number of aryl methyl sites for hydroxylation is 1. The lowest BCUT2D eigenvalue weighted by Crippen LogP contribution is -1.94. The minimum Gasteiger partial charge on any atom is -0.469 e. The first-order chi connectivity index (χ1) is 5.83. The number of hydrogen-bond donors (Lipinski definition) is 0. The Kier molecular flexibility index (Phi) is 3.40. The van der Waals surface area contributed by atoms with Crippen LogP contribution >= 0.6 is 0 Å². The molecule has 0 saturated heterocycles. The molecule has 0 bridgehead atoms. The Morgan fingerprint density at radius 3 is 3.08 bits per heavy atom. The van der Waals surface area contributed by atoms with Gasteiger partial charge in [-0.15, -0.1) is 0 Å². The van der Waals surface area contributed by atoms with E-state index in [4.69, 9.17) is 9.68 Å². The molecule has 1 atom stereocenters. The summed E-state index contributed by atoms with van der Waals surface area (Å²) in [6, 6.07) is 6.03. The summed E-state index contributed by atoms with van der Waals surface area (Å²) >= 11 is 0. The fourth-order valence-corrected chi connectivity index (χ4v) is 1.10. The van der Waals surface area contributed by atoms with Gasteiger partial charge in [0, 0.05) is 12.8 Å². The van der Waals surface area contributed by atoms with E-state index >= 15 is 0 Å². The van der Waals surface area contributed by atoms with Crippen molar-refractivity contribution in [2.45, 2.75) is 26.2 Å². The molecule has 2 heteroatoms. The molecule has 1 aromatic heterocycles. The average molecular weight is 163 g/mol. The molecular formula is C10H13NO. The number of hydrogen-bond acceptors (Lipinski definition) is 2. The summed E-state index contributed by atoms with van der Waals surface area (Å²) in [6.07, 6.45) is 4.29. The van der Waals surface area contributed by atoms with Gasteiger partial charge in [0.1, 0.15) is 5.76 Å². The van der Waals surface area contributed by atoms with Gasteiger partial charge < -0.3 is 4.42 Å². The molecule has 0 amide bonds. The van der Waals surface area contributed by atoms with E-state index in [9.17, 15) is 0 Å². The molecule has 0 fully saturated rings. The lowest BCUT2D eigenvalue weighted by Gasteiger charge is -2.03. The van der Waals surface area contributed by atoms with Crippen LogP contribution in [0.25, 0.3) is 0 Å². The molecule has 2 nitrogen and oxygen atoms in total. The van der Waals surface area contributed by atoms with E-state index in [-0.39, 0.29) is 0 Å². The van der Waals surface area contributed by atoms with Crippen molar-refractivity contribution in [3.63, 3.8) is 0 Å². The van der Waals surface area contributed by atoms with E-state index in [1.165, 1.54) is 0 Å². The van der Waals surface area contributed by atoms with Crippen molar-refractivity contribution >= 4 is 0 Å². The second-order valence-electron chi connectivity index (χ2n) is 3.09. The predicted molar refractivity (Wildman–Crippen MR) is 46.4 cm³/mol. The molecule has 0 spiro atoms. The topological polar surface area (TPSA) is 36.9 Å². The van der Waals surface area contributed by atoms with E-state index in [0.717, 1.165) is 18.6 Å². The quantitative estimate of drug-likeness (QED) is 0.684. The Morgan fingerprint density at radius 2 is 2.50 bits per heavy atom. The first kappa shape index (κ1) is 8.86. The second-order valence-corrected chi connectivity index (χ2v) is 3.09. The summed E-state index contributed by atoms with van der Waals surface area (Å²) in [6.45, 7) is 2.09. The zero-order valence-corrected chi connectivity index (χ0v) is 7.29. The SMILES string of the molecule is CC(CC#N)CCc1ccco1. The normalized spacial score (nSPS) is 12.3. The molecule has 0 aliphatic heterocycles. The standard InChI is InChI=1S/C10H13NO/c1-9(6-7-11)4-5-10-3-2-8-12-10/h2-3,8-9H,4-6H2,1H3. The zero-order valence-electron chi connectivity index (χ0n) is 7.29. The summed E-state index contributed by atoms with van der Waals surface area (Å²) in [5, 5.41) is 8.42. The van der Waals surface area contributed by atoms with Crippen molar-refractivity contribution in [2.24, 2.45) is 5.92 Å². The minimum absolute atomic E-state index is 0.472. The summed E-state index contributed by atoms with van der Waals surface area (Å²) in [5.41, 5.74) is 0. The Hall–Kier alpha value is -1.23. The molecule has 64 valence electrons. The Balaban J connectivity index is 2.23. The van der Waals surface area contributed by atoms with E-state index in [0.29, 0.717) is 12.3 Å². The molecule has 0 aliphatic carbocycles. The molecule has 1 heterocycles. The van der Waals surface area contributed by atoms with Crippen LogP contribution in [0.15, 0.2) is 22.8 Å². The van der Waals surface area contributed by atoms with Crippen molar-refractivity contribution in [3.8, 4) is 6.07 Å². The van der Waals surface area contributed by atoms with E-state index in [2.05, 4.69) is 13.0 Å². The third-order valence-corrected chi connectivity index (χ3v) is 1.90. The van der Waals surface area contributed by atoms with E-state index in [1.807, 2.05) is 12.1 Å². The van der Waals surface area contributed by atoms with Gasteiger partial charge in [0.25, 0.3) is 0 Å². The maximum atomic E-state index is 8.42. The number of nitriles is 1. The fourth-order valence-electron chi connectivity index (χ4n) is 1.10. The van der Waals surface area contributed by atoms with Crippen LogP contribution in [-0.2, 0) is 6.42 Å². The van der Waals surface area contributed by atoms with Gasteiger partial charge in [0.05, 0.1) is 12.3 Å². The molecule has 0 aromatic carbocycles. The number of nitrogens with zero attached hydrogens (tertiary/aromatic N) is 1. The molecule has 0 aliphatic rings. The maximum absolute atomic E-state index is 8.42. The van der Waals surface area contributed by atoms with Crippen LogP contribution in [0.4, 0.5) is 0 Å². The van der Waals surface area contributed by atoms with Crippen molar-refractivity contribution in [1.82, 2.24) is 0 Å². The number of furan rings is 1. The zero-order chi connectivity index (χ0) is 8.81. The molecule has 0 saturated carbocycles. The van der Waals surface area contributed by atoms with Gasteiger partial charge in [-0.05, 0) is 24.5 Å². The predicted octanol–water partition coefficient (Wildman–Crippen LogP) is 2.76. The van der Waals surface area contributed by atoms with Crippen molar-refractivity contribution < 1.29 is 4.42 Å². The Morgan fingerprint density at radius 1 is 1.67 bits per heavy atom. The van der Waals surface area contributed by atoms with Crippen molar-refractivity contribution in [2.75, 3.05) is 0 Å². The van der Waals surface area contributed by atoms with Gasteiger partial charge in [-0.3, -0.25) is 0 Å². The van der Waals surface area contributed by atoms with Gasteiger partial charge in [-0.2, -0.15) is 5.26 Å². The van der Waals surface area contributed by atoms with Crippen LogP contribution in [0.3, 0.4) is 0 Å². The molecule has 1 unspecified atom stereocenters. The Labute approximate surface area is 72.8 Å². The van der Waals surface area contributed by atoms with Gasteiger partial charge in [0.2, 0.25) is 0 Å². The van der Waals surface area contributed by atoms with Crippen LogP contribution in [0, 0.1) is 17.2 Å². The highest BCUT2D eigenvalue weighted by atomic mass is 16.3. The monoisotopic (exact) mass is 163 g/mol. The van der Waals surface area contributed by atoms with Crippen molar-refractivity contribution in [1.29, 1.82) is 5.26 Å². The molecule has 1 rings (SSSR count). The van der Waals surface area contributed by atoms with Gasteiger partial charge >= 0.3 is 0 Å². The lowest BCUT2D eigenvalue weighted by atomic mass is 10.0. The first-order valence-corrected chi connectivity index (χ1v) is 4.22. The van der Waals surface area contributed by atoms with Gasteiger partial charge in [-0.25, -0.2) is 0 Å². The summed E-state index contributed by atoms with van der Waals surface area (Å²) in [5.74, 6) is 1.49. The van der Waals surface area contributed by atoms with Gasteiger partial charge in [-0.1, -0.05) is 6.92 Å². The Bertz CT molecular complexity index is 245. The van der Waals surface area contributed by atoms with Gasteiger partial charge in [0.15, 0.2) is 0 Å². The molecule has 0 radical (unpaired) electrons. The molecule has 12 heavy (non-hydrogen) atoms. The fraction of sp³-hybridized carbons (Fsp3) is 0.500. The highest BCUT2D eigenvalue weighted by molar-refractivity contribution is 4.98. The minimum atomic E-state index is 0.472. The number of rotatable bonds is 4. The van der Waals surface area contributed by atoms with Crippen LogP contribution in [0.2, 0.25) is 0 Å². The third-order valence-electron chi connectivity index (χ3n) is 1.90. The second kappa shape index (κ2) is 4.61. The highest BCUT2D eigenvalue weighted by Crippen LogP contribution is 2.12. The maximum Gasteiger partial charge on any atom is 0.103 e. The first-order valence-electron chi connectivity index (χ1n) is 4.22. The average Bonchev–Trinajstić information content (AvgIpc) is 2.53. The largest absolute Gasteiger partial charge is 0.469 e. The molecule has 1 aromatic rings. The highest BCUT2D eigenvalue weighted by Gasteiger charge is 2.02. The third kappa shape index (κ3) is 2.79. The summed E-state index contributed by atoms with van der Waals surface area (Å²) < 4.78 is 5.18. The molecule has 0 N–H and O–H groups in total. The van der Waals surface area contributed by atoms with Crippen LogP contribution in [-0.4, -0.2) is 0 Å². The summed E-state index contributed by atoms with van der Waals surface area (Å²) in [7, 11) is 0. The van der Waals surface area contributed by atoms with Crippen LogP contribution < -0.4 is 0 Å². The van der Waals surface area contributed by atoms with Crippen LogP contribution in [0.1, 0.15) is 25.5 Å². The van der Waals surface area contributed by atoms with Crippen molar-refractivity contribution in [3.05, 3.63) is 24.2 Å². The van der Waals surface area contributed by atoms with E-state index < -0.39 is 0 Å². The van der Waals surface area contributed by atoms with Crippen LogP contribution in [0.5, 0.6) is 0 Å². The molecular weight excluding hydrogens is 150 g/mol. The smallest absolute Gasteiger partial charge is 0.103 e. The lowest BCUT2D eigenvalue weighted by molar-refractivity contribution is 0.464. The summed E-state index contributed by atoms with van der Waals surface area (Å²) in [4.78, 5) is 0. The van der Waals surface area contributed by atoms with E-state index in [1.54, 1.807) is 6.26 Å².